The van der Waals surface area contributed by atoms with E-state index in [1.165, 1.54) is 32.6 Å². The molecule has 0 heterocycles. The largest absolute Gasteiger partial charge is 0.493 e. The van der Waals surface area contributed by atoms with Crippen LogP contribution in [-0.2, 0) is 6.42 Å². The fourth-order valence-electron chi connectivity index (χ4n) is 3.32. The van der Waals surface area contributed by atoms with Gasteiger partial charge in [0.25, 0.3) is 0 Å². The number of methoxy groups -OCH3 is 1. The smallest absolute Gasteiger partial charge is 0.165 e. The van der Waals surface area contributed by atoms with E-state index in [0.717, 1.165) is 24.8 Å². The van der Waals surface area contributed by atoms with Crippen LogP contribution in [0.3, 0.4) is 0 Å². The first-order chi connectivity index (χ1) is 16.1. The van der Waals surface area contributed by atoms with Gasteiger partial charge in [-0.3, -0.25) is 4.79 Å². The van der Waals surface area contributed by atoms with Crippen molar-refractivity contribution in [1.82, 2.24) is 0 Å². The monoisotopic (exact) mass is 462 g/mol. The van der Waals surface area contributed by atoms with Crippen molar-refractivity contribution in [2.24, 2.45) is 0 Å². The van der Waals surface area contributed by atoms with Crippen molar-refractivity contribution in [2.75, 3.05) is 20.3 Å². The molecule has 0 amide bonds. The lowest BCUT2D eigenvalue weighted by Gasteiger charge is -2.17. The van der Waals surface area contributed by atoms with Gasteiger partial charge in [-0.2, -0.15) is 0 Å². The summed E-state index contributed by atoms with van der Waals surface area (Å²) in [7, 11) is 1.57. The Morgan fingerprint density at radius 2 is 1.73 bits per heavy atom. The van der Waals surface area contributed by atoms with E-state index in [1.54, 1.807) is 24.8 Å². The molecule has 1 N–H and O–H groups in total. The van der Waals surface area contributed by atoms with Crippen LogP contribution in [0, 0.1) is 0 Å². The first-order valence-electron chi connectivity index (χ1n) is 12.9. The lowest BCUT2D eigenvalue weighted by Crippen LogP contribution is -2.08. The molecule has 0 fully saturated rings. The molecule has 0 spiro atoms. The average Bonchev–Trinajstić information content (AvgIpc) is 2.86. The third-order valence-corrected chi connectivity index (χ3v) is 4.85. The SMILES string of the molecule is CC.CC.CCCC1=CC=CCC1.CCCCCOc1c(OC)ccc(C(C)=O)c1CCO. The van der Waals surface area contributed by atoms with Gasteiger partial charge >= 0.3 is 0 Å². The number of ketones is 1. The number of benzene rings is 1. The average molecular weight is 463 g/mol. The minimum Gasteiger partial charge on any atom is -0.493 e. The van der Waals surface area contributed by atoms with Gasteiger partial charge in [0.2, 0.25) is 0 Å². The van der Waals surface area contributed by atoms with Gasteiger partial charge in [0.15, 0.2) is 17.3 Å². The van der Waals surface area contributed by atoms with Gasteiger partial charge in [-0.1, -0.05) is 84.6 Å². The Morgan fingerprint density at radius 1 is 1.03 bits per heavy atom. The molecule has 2 rings (SSSR count). The summed E-state index contributed by atoms with van der Waals surface area (Å²) in [5, 5.41) is 9.22. The molecule has 1 aromatic rings. The van der Waals surface area contributed by atoms with Crippen LogP contribution >= 0.6 is 0 Å². The van der Waals surface area contributed by atoms with Gasteiger partial charge in [-0.05, 0) is 44.7 Å². The lowest BCUT2D eigenvalue weighted by atomic mass is 10.00. The molecule has 4 heteroatoms. The molecule has 0 saturated heterocycles. The molecule has 1 aliphatic rings. The number of ether oxygens (including phenoxy) is 2. The number of hydrogen-bond acceptors (Lipinski definition) is 4. The summed E-state index contributed by atoms with van der Waals surface area (Å²) in [6, 6.07) is 3.47. The van der Waals surface area contributed by atoms with Crippen LogP contribution in [0.4, 0.5) is 0 Å². The van der Waals surface area contributed by atoms with Crippen molar-refractivity contribution in [3.05, 3.63) is 47.1 Å². The molecule has 4 nitrogen and oxygen atoms in total. The van der Waals surface area contributed by atoms with E-state index >= 15 is 0 Å². The molecule has 0 aromatic heterocycles. The van der Waals surface area contributed by atoms with Crippen molar-refractivity contribution in [3.8, 4) is 11.5 Å². The number of carbonyl (C=O) groups excluding carboxylic acids is 1. The first kappa shape index (κ1) is 33.1. The maximum atomic E-state index is 11.7. The van der Waals surface area contributed by atoms with Crippen molar-refractivity contribution >= 4 is 5.78 Å². The summed E-state index contributed by atoms with van der Waals surface area (Å²) >= 11 is 0. The zero-order chi connectivity index (χ0) is 25.5. The van der Waals surface area contributed by atoms with Gasteiger partial charge in [-0.15, -0.1) is 0 Å². The molecule has 0 aliphatic heterocycles. The number of carbonyl (C=O) groups is 1. The Kier molecular flexibility index (Phi) is 23.2. The molecule has 0 unspecified atom stereocenters. The topological polar surface area (TPSA) is 55.8 Å². The fourth-order valence-corrected chi connectivity index (χ4v) is 3.32. The van der Waals surface area contributed by atoms with Crippen molar-refractivity contribution in [2.45, 2.75) is 99.8 Å². The summed E-state index contributed by atoms with van der Waals surface area (Å²) < 4.78 is 11.1. The van der Waals surface area contributed by atoms with E-state index in [4.69, 9.17) is 9.47 Å². The van der Waals surface area contributed by atoms with E-state index in [-0.39, 0.29) is 12.4 Å². The van der Waals surface area contributed by atoms with Crippen LogP contribution in [0.2, 0.25) is 0 Å². The number of unbranched alkanes of at least 4 members (excludes halogenated alkanes) is 2. The highest BCUT2D eigenvalue weighted by Crippen LogP contribution is 2.34. The number of rotatable bonds is 11. The second kappa shape index (κ2) is 23.1. The molecule has 0 bridgehead atoms. The zero-order valence-electron chi connectivity index (χ0n) is 22.6. The fraction of sp³-hybridized carbons (Fsp3) is 0.621. The first-order valence-corrected chi connectivity index (χ1v) is 12.9. The number of aliphatic hydroxyl groups excluding tert-OH is 1. The summed E-state index contributed by atoms with van der Waals surface area (Å²) in [6.45, 7) is 14.4. The molecular weight excluding hydrogens is 412 g/mol. The highest BCUT2D eigenvalue weighted by molar-refractivity contribution is 5.96. The third kappa shape index (κ3) is 13.9. The van der Waals surface area contributed by atoms with E-state index < -0.39 is 0 Å². The Balaban J connectivity index is 0. The predicted octanol–water partition coefficient (Wildman–Crippen LogP) is 8.12. The number of allylic oxidation sites excluding steroid dienone is 4. The molecule has 0 radical (unpaired) electrons. The molecule has 0 saturated carbocycles. The van der Waals surface area contributed by atoms with Crippen LogP contribution in [0.15, 0.2) is 35.9 Å². The van der Waals surface area contributed by atoms with Crippen molar-refractivity contribution < 1.29 is 19.4 Å². The summed E-state index contributed by atoms with van der Waals surface area (Å²) in [5.41, 5.74) is 2.95. The van der Waals surface area contributed by atoms with E-state index in [9.17, 15) is 9.90 Å². The van der Waals surface area contributed by atoms with Gasteiger partial charge in [0, 0.05) is 24.2 Å². The Morgan fingerprint density at radius 3 is 2.21 bits per heavy atom. The molecule has 1 aliphatic carbocycles. The summed E-state index contributed by atoms with van der Waals surface area (Å²) in [4.78, 5) is 11.7. The second-order valence-corrected chi connectivity index (χ2v) is 7.25. The van der Waals surface area contributed by atoms with Gasteiger partial charge < -0.3 is 14.6 Å². The van der Waals surface area contributed by atoms with Crippen LogP contribution in [0.5, 0.6) is 11.5 Å². The third-order valence-electron chi connectivity index (χ3n) is 4.85. The minimum absolute atomic E-state index is 0.0290. The predicted molar refractivity (Wildman–Crippen MR) is 143 cm³/mol. The van der Waals surface area contributed by atoms with Crippen molar-refractivity contribution in [3.63, 3.8) is 0 Å². The van der Waals surface area contributed by atoms with Gasteiger partial charge in [0.05, 0.1) is 13.7 Å². The Hall–Kier alpha value is -2.07. The van der Waals surface area contributed by atoms with Crippen LogP contribution < -0.4 is 9.47 Å². The normalized spacial score (nSPS) is 11.5. The van der Waals surface area contributed by atoms with Crippen LogP contribution in [0.1, 0.15) is 109 Å². The summed E-state index contributed by atoms with van der Waals surface area (Å²) in [5.74, 6) is 1.16. The quantitative estimate of drug-likeness (QED) is 0.266. The number of aliphatic hydroxyl groups is 1. The molecule has 0 atom stereocenters. The highest BCUT2D eigenvalue weighted by Gasteiger charge is 2.17. The molecule has 33 heavy (non-hydrogen) atoms. The second-order valence-electron chi connectivity index (χ2n) is 7.25. The van der Waals surface area contributed by atoms with Crippen molar-refractivity contribution in [1.29, 1.82) is 0 Å². The van der Waals surface area contributed by atoms with E-state index in [0.29, 0.717) is 30.1 Å². The number of Topliss-reactive ketones (excluding diaryl/α,β-unsaturated/α-hetero) is 1. The van der Waals surface area contributed by atoms with E-state index in [1.807, 2.05) is 27.7 Å². The van der Waals surface area contributed by atoms with Crippen LogP contribution in [-0.4, -0.2) is 31.2 Å². The lowest BCUT2D eigenvalue weighted by molar-refractivity contribution is 0.101. The molecule has 1 aromatic carbocycles. The molecular formula is C29H50O4. The van der Waals surface area contributed by atoms with E-state index in [2.05, 4.69) is 32.1 Å². The molecule has 190 valence electrons. The Labute approximate surface area is 204 Å². The Bertz CT molecular complexity index is 674. The zero-order valence-corrected chi connectivity index (χ0v) is 22.6. The number of hydrogen-bond donors (Lipinski definition) is 1. The van der Waals surface area contributed by atoms with Crippen LogP contribution in [0.25, 0.3) is 0 Å². The standard InChI is InChI=1S/C16H24O4.C9H14.2C2H6/c1-4-5-6-11-20-16-14(9-10-17)13(12(2)18)7-8-15(16)19-3;1-2-6-9-7-4-3-5-8-9;2*1-2/h7-8,17H,4-6,9-11H2,1-3H3;3-4,7H,2,5-6,8H2,1H3;2*1-2H3. The highest BCUT2D eigenvalue weighted by atomic mass is 16.5. The van der Waals surface area contributed by atoms with Gasteiger partial charge in [-0.25, -0.2) is 0 Å². The maximum absolute atomic E-state index is 11.7. The van der Waals surface area contributed by atoms with Gasteiger partial charge in [0.1, 0.15) is 0 Å². The maximum Gasteiger partial charge on any atom is 0.165 e. The minimum atomic E-state index is -0.0329. The summed E-state index contributed by atoms with van der Waals surface area (Å²) in [6.07, 6.45) is 15.4.